The average Bonchev–Trinajstić information content (AvgIpc) is 3.58. The third-order valence-electron chi connectivity index (χ3n) is 6.33. The second kappa shape index (κ2) is 10.3. The summed E-state index contributed by atoms with van der Waals surface area (Å²) >= 11 is 0. The highest BCUT2D eigenvalue weighted by Crippen LogP contribution is 2.27. The van der Waals surface area contributed by atoms with Crippen LogP contribution < -0.4 is 21.5 Å². The Labute approximate surface area is 230 Å². The highest BCUT2D eigenvalue weighted by molar-refractivity contribution is 6.00. The number of pyridine rings is 1. The predicted octanol–water partition coefficient (Wildman–Crippen LogP) is 5.20. The van der Waals surface area contributed by atoms with Crippen molar-refractivity contribution in [3.8, 4) is 16.8 Å². The molecular formula is C28H31N9O3. The fourth-order valence-electron chi connectivity index (χ4n) is 4.31. The third kappa shape index (κ3) is 5.15. The Bertz CT molecular complexity index is 1750. The van der Waals surface area contributed by atoms with Crippen molar-refractivity contribution in [2.75, 3.05) is 23.0 Å². The van der Waals surface area contributed by atoms with E-state index in [4.69, 9.17) is 4.52 Å². The fourth-order valence-corrected chi connectivity index (χ4v) is 4.31. The topological polar surface area (TPSA) is 145 Å². The number of nitrogens with zero attached hydrogens (tertiary/aromatic N) is 6. The van der Waals surface area contributed by atoms with E-state index in [1.165, 1.54) is 12.5 Å². The fraction of sp³-hybridized carbons (Fsp3) is 0.286. The average molecular weight is 542 g/mol. The number of rotatable bonds is 6. The van der Waals surface area contributed by atoms with Crippen LogP contribution in [0.1, 0.15) is 46.4 Å². The van der Waals surface area contributed by atoms with Crippen LogP contribution in [0.3, 0.4) is 0 Å². The molecule has 0 bridgehead atoms. The number of amides is 2. The molecule has 2 amide bonds. The molecule has 0 fully saturated rings. The van der Waals surface area contributed by atoms with Crippen LogP contribution in [0.5, 0.6) is 0 Å². The summed E-state index contributed by atoms with van der Waals surface area (Å²) in [5, 5.41) is 17.7. The summed E-state index contributed by atoms with van der Waals surface area (Å²) in [5.74, 6) is 0.892. The molecule has 0 aliphatic carbocycles. The van der Waals surface area contributed by atoms with Gasteiger partial charge in [0.1, 0.15) is 23.4 Å². The Morgan fingerprint density at radius 2 is 1.88 bits per heavy atom. The number of benzene rings is 1. The first-order valence-electron chi connectivity index (χ1n) is 12.8. The van der Waals surface area contributed by atoms with Gasteiger partial charge in [0.05, 0.1) is 11.9 Å². The minimum atomic E-state index is -0.471. The van der Waals surface area contributed by atoms with Crippen LogP contribution in [-0.2, 0) is 5.41 Å². The number of urea groups is 1. The second-order valence-corrected chi connectivity index (χ2v) is 10.7. The minimum absolute atomic E-state index is 0.130. The molecule has 5 aromatic rings. The lowest BCUT2D eigenvalue weighted by Gasteiger charge is -2.16. The van der Waals surface area contributed by atoms with Gasteiger partial charge in [-0.2, -0.15) is 10.1 Å². The van der Waals surface area contributed by atoms with Gasteiger partial charge in [-0.25, -0.2) is 14.5 Å². The lowest BCUT2D eigenvalue weighted by atomic mass is 9.92. The molecule has 0 aliphatic heterocycles. The number of nitrogens with one attached hydrogen (secondary N) is 3. The Kier molecular flexibility index (Phi) is 6.84. The third-order valence-corrected chi connectivity index (χ3v) is 6.33. The van der Waals surface area contributed by atoms with Gasteiger partial charge in [0.25, 0.3) is 5.56 Å². The van der Waals surface area contributed by atoms with Gasteiger partial charge in [0.2, 0.25) is 5.95 Å². The number of carbonyl (C=O) groups is 1. The lowest BCUT2D eigenvalue weighted by molar-refractivity contribution is 0.262. The van der Waals surface area contributed by atoms with E-state index in [0.717, 1.165) is 11.1 Å². The molecule has 12 nitrogen and oxygen atoms in total. The van der Waals surface area contributed by atoms with E-state index < -0.39 is 6.03 Å². The van der Waals surface area contributed by atoms with E-state index in [9.17, 15) is 9.59 Å². The summed E-state index contributed by atoms with van der Waals surface area (Å²) in [4.78, 5) is 35.5. The van der Waals surface area contributed by atoms with E-state index >= 15 is 0 Å². The van der Waals surface area contributed by atoms with Crippen molar-refractivity contribution < 1.29 is 9.32 Å². The maximum absolute atomic E-state index is 13.6. The van der Waals surface area contributed by atoms with Crippen LogP contribution >= 0.6 is 0 Å². The molecule has 0 saturated heterocycles. The Hall–Kier alpha value is -5.00. The largest absolute Gasteiger partial charge is 0.362 e. The SMILES string of the molecule is CNc1ncc2cc(-c3cccc(NC(=O)Nc4cc(C(C)(C)C)nn4-c4cnoc4)c3)c(=O)n(C(C)C)c2n1. The van der Waals surface area contributed by atoms with Gasteiger partial charge < -0.3 is 15.2 Å². The molecule has 12 heteroatoms. The first-order valence-corrected chi connectivity index (χ1v) is 12.8. The molecule has 3 N–H and O–H groups in total. The molecule has 0 atom stereocenters. The zero-order valence-corrected chi connectivity index (χ0v) is 23.2. The Balaban J connectivity index is 1.46. The van der Waals surface area contributed by atoms with Crippen LogP contribution in [0.2, 0.25) is 0 Å². The van der Waals surface area contributed by atoms with Gasteiger partial charge >= 0.3 is 6.03 Å². The Morgan fingerprint density at radius 3 is 2.55 bits per heavy atom. The van der Waals surface area contributed by atoms with Gasteiger partial charge in [-0.1, -0.05) is 38.1 Å². The van der Waals surface area contributed by atoms with E-state index in [1.807, 2.05) is 46.8 Å². The second-order valence-electron chi connectivity index (χ2n) is 10.7. The van der Waals surface area contributed by atoms with Gasteiger partial charge in [-0.3, -0.25) is 14.7 Å². The summed E-state index contributed by atoms with van der Waals surface area (Å²) in [6.07, 6.45) is 4.66. The molecule has 206 valence electrons. The first kappa shape index (κ1) is 26.6. The molecule has 1 aromatic carbocycles. The van der Waals surface area contributed by atoms with E-state index in [-0.39, 0.29) is 17.0 Å². The monoisotopic (exact) mass is 541 g/mol. The molecule has 0 unspecified atom stereocenters. The van der Waals surface area contributed by atoms with Crippen molar-refractivity contribution >= 4 is 34.5 Å². The van der Waals surface area contributed by atoms with Crippen LogP contribution in [-0.4, -0.2) is 42.6 Å². The number of fused-ring (bicyclic) bond motifs is 1. The summed E-state index contributed by atoms with van der Waals surface area (Å²) in [6.45, 7) is 9.98. The standard InChI is InChI=1S/C28H31N9O3/c1-16(2)36-24-18(13-30-26(29-6)34-24)11-21(25(36)38)17-8-7-9-19(10-17)32-27(39)33-23-12-22(28(3,4)5)35-37(23)20-14-31-40-15-20/h7-16H,1-6H3,(H,29,30,34)(H2,32,33,39). The van der Waals surface area contributed by atoms with Crippen molar-refractivity contribution in [3.63, 3.8) is 0 Å². The summed E-state index contributed by atoms with van der Waals surface area (Å²) in [7, 11) is 1.73. The molecule has 5 rings (SSSR count). The number of aromatic nitrogens is 6. The smallest absolute Gasteiger partial charge is 0.324 e. The van der Waals surface area contributed by atoms with Crippen molar-refractivity contribution in [2.24, 2.45) is 0 Å². The van der Waals surface area contributed by atoms with Crippen molar-refractivity contribution in [2.45, 2.75) is 46.1 Å². The molecule has 0 aliphatic rings. The number of hydrogen-bond donors (Lipinski definition) is 3. The van der Waals surface area contributed by atoms with Gasteiger partial charge in [-0.15, -0.1) is 0 Å². The van der Waals surface area contributed by atoms with E-state index in [2.05, 4.69) is 36.2 Å². The zero-order valence-electron chi connectivity index (χ0n) is 23.2. The highest BCUT2D eigenvalue weighted by Gasteiger charge is 2.22. The van der Waals surface area contributed by atoms with Crippen LogP contribution in [0.4, 0.5) is 22.2 Å². The first-order chi connectivity index (χ1) is 19.0. The minimum Gasteiger partial charge on any atom is -0.362 e. The summed E-state index contributed by atoms with van der Waals surface area (Å²) < 4.78 is 8.19. The Morgan fingerprint density at radius 1 is 1.07 bits per heavy atom. The zero-order chi connectivity index (χ0) is 28.6. The summed E-state index contributed by atoms with van der Waals surface area (Å²) in [6, 6.07) is 10.1. The number of hydrogen-bond acceptors (Lipinski definition) is 8. The maximum atomic E-state index is 13.6. The molecular weight excluding hydrogens is 510 g/mol. The quantitative estimate of drug-likeness (QED) is 0.266. The van der Waals surface area contributed by atoms with Crippen LogP contribution in [0, 0.1) is 0 Å². The highest BCUT2D eigenvalue weighted by atomic mass is 16.5. The van der Waals surface area contributed by atoms with Crippen molar-refractivity contribution in [3.05, 3.63) is 71.1 Å². The normalized spacial score (nSPS) is 11.7. The van der Waals surface area contributed by atoms with Gasteiger partial charge in [-0.05, 0) is 37.6 Å². The molecule has 0 radical (unpaired) electrons. The number of anilines is 3. The van der Waals surface area contributed by atoms with Crippen LogP contribution in [0.25, 0.3) is 27.8 Å². The summed E-state index contributed by atoms with van der Waals surface area (Å²) in [5.41, 5.74) is 3.14. The molecule has 40 heavy (non-hydrogen) atoms. The van der Waals surface area contributed by atoms with Crippen molar-refractivity contribution in [1.82, 2.24) is 29.5 Å². The molecule has 0 spiro atoms. The molecule has 4 heterocycles. The van der Waals surface area contributed by atoms with Gasteiger partial charge in [0, 0.05) is 47.4 Å². The van der Waals surface area contributed by atoms with Crippen LogP contribution in [0.15, 0.2) is 64.4 Å². The molecule has 4 aromatic heterocycles. The van der Waals surface area contributed by atoms with E-state index in [0.29, 0.717) is 39.9 Å². The van der Waals surface area contributed by atoms with E-state index in [1.54, 1.807) is 46.8 Å². The van der Waals surface area contributed by atoms with Gasteiger partial charge in [0.15, 0.2) is 0 Å². The molecule has 0 saturated carbocycles. The maximum Gasteiger partial charge on any atom is 0.324 e. The van der Waals surface area contributed by atoms with Crippen molar-refractivity contribution in [1.29, 1.82) is 0 Å². The number of carbonyl (C=O) groups excluding carboxylic acids is 1. The lowest BCUT2D eigenvalue weighted by Crippen LogP contribution is -2.25. The predicted molar refractivity (Wildman–Crippen MR) is 154 cm³/mol.